The van der Waals surface area contributed by atoms with Gasteiger partial charge in [0.2, 0.25) is 0 Å². The molecule has 1 aromatic carbocycles. The third-order valence-electron chi connectivity index (χ3n) is 3.32. The summed E-state index contributed by atoms with van der Waals surface area (Å²) >= 11 is 0. The van der Waals surface area contributed by atoms with Crippen molar-refractivity contribution in [3.63, 3.8) is 0 Å². The molecule has 0 aromatic heterocycles. The molecule has 0 aliphatic carbocycles. The number of urea groups is 1. The number of halogens is 3. The highest BCUT2D eigenvalue weighted by Crippen LogP contribution is 2.30. The van der Waals surface area contributed by atoms with Crippen LogP contribution in [0.1, 0.15) is 33.6 Å². The molecule has 1 atom stereocenters. The zero-order valence-corrected chi connectivity index (χ0v) is 14.1. The lowest BCUT2D eigenvalue weighted by Gasteiger charge is -2.26. The lowest BCUT2D eigenvalue weighted by molar-refractivity contribution is -0.189. The molecule has 1 unspecified atom stereocenters. The normalized spacial score (nSPS) is 13.0. The van der Waals surface area contributed by atoms with Crippen molar-refractivity contribution in [2.75, 3.05) is 5.32 Å². The van der Waals surface area contributed by atoms with Crippen molar-refractivity contribution in [2.24, 2.45) is 0 Å². The topological polar surface area (TPSA) is 87.7 Å². The van der Waals surface area contributed by atoms with Gasteiger partial charge in [0.15, 0.2) is 6.10 Å². The highest BCUT2D eigenvalue weighted by atomic mass is 19.4. The second-order valence-electron chi connectivity index (χ2n) is 6.15. The van der Waals surface area contributed by atoms with Crippen LogP contribution in [0.25, 0.3) is 0 Å². The number of rotatable bonds is 7. The molecule has 0 radical (unpaired) electrons. The minimum atomic E-state index is -4.53. The van der Waals surface area contributed by atoms with Crippen LogP contribution < -0.4 is 15.4 Å². The van der Waals surface area contributed by atoms with Crippen LogP contribution in [0, 0.1) is 0 Å². The number of para-hydroxylation sites is 2. The molecule has 0 aliphatic heterocycles. The summed E-state index contributed by atoms with van der Waals surface area (Å²) in [6, 6.07) is 5.07. The third kappa shape index (κ3) is 7.32. The molecule has 25 heavy (non-hydrogen) atoms. The zero-order chi connectivity index (χ0) is 19.3. The van der Waals surface area contributed by atoms with Crippen molar-refractivity contribution in [1.82, 2.24) is 5.32 Å². The minimum Gasteiger partial charge on any atom is -0.481 e. The van der Waals surface area contributed by atoms with Crippen LogP contribution in [-0.2, 0) is 4.79 Å². The van der Waals surface area contributed by atoms with E-state index in [-0.39, 0.29) is 24.3 Å². The zero-order valence-electron chi connectivity index (χ0n) is 14.1. The van der Waals surface area contributed by atoms with E-state index < -0.39 is 29.8 Å². The van der Waals surface area contributed by atoms with Crippen molar-refractivity contribution < 1.29 is 32.6 Å². The first-order valence-corrected chi connectivity index (χ1v) is 7.54. The van der Waals surface area contributed by atoms with Crippen LogP contribution >= 0.6 is 0 Å². The fourth-order valence-electron chi connectivity index (χ4n) is 1.87. The van der Waals surface area contributed by atoms with Crippen LogP contribution in [0.3, 0.4) is 0 Å². The summed E-state index contributed by atoms with van der Waals surface area (Å²) in [6.45, 7) is 4.15. The number of amides is 2. The first-order chi connectivity index (χ1) is 11.4. The number of alkyl halides is 3. The Morgan fingerprint density at radius 2 is 1.84 bits per heavy atom. The van der Waals surface area contributed by atoms with Gasteiger partial charge in [-0.2, -0.15) is 13.2 Å². The van der Waals surface area contributed by atoms with E-state index in [0.717, 1.165) is 6.92 Å². The number of carbonyl (C=O) groups excluding carboxylic acids is 1. The average Bonchev–Trinajstić information content (AvgIpc) is 2.45. The van der Waals surface area contributed by atoms with Crippen LogP contribution in [0.15, 0.2) is 24.3 Å². The maximum absolute atomic E-state index is 12.6. The van der Waals surface area contributed by atoms with Gasteiger partial charge in [0.05, 0.1) is 5.69 Å². The van der Waals surface area contributed by atoms with Gasteiger partial charge in [0.1, 0.15) is 5.75 Å². The molecule has 2 amide bonds. The van der Waals surface area contributed by atoms with Crippen molar-refractivity contribution >= 4 is 17.7 Å². The Balaban J connectivity index is 2.76. The van der Waals surface area contributed by atoms with Crippen LogP contribution in [0.4, 0.5) is 23.7 Å². The van der Waals surface area contributed by atoms with E-state index >= 15 is 0 Å². The van der Waals surface area contributed by atoms with Crippen LogP contribution in [0.2, 0.25) is 0 Å². The predicted molar refractivity (Wildman–Crippen MR) is 85.7 cm³/mol. The van der Waals surface area contributed by atoms with Gasteiger partial charge in [-0.3, -0.25) is 4.79 Å². The molecule has 1 aromatic rings. The van der Waals surface area contributed by atoms with Gasteiger partial charge in [-0.05, 0) is 39.3 Å². The van der Waals surface area contributed by atoms with Crippen molar-refractivity contribution in [3.05, 3.63) is 24.3 Å². The Morgan fingerprint density at radius 3 is 2.40 bits per heavy atom. The van der Waals surface area contributed by atoms with Gasteiger partial charge < -0.3 is 20.5 Å². The van der Waals surface area contributed by atoms with Gasteiger partial charge in [0.25, 0.3) is 0 Å². The Bertz CT molecular complexity index is 618. The molecule has 0 saturated carbocycles. The lowest BCUT2D eigenvalue weighted by Crippen LogP contribution is -2.45. The maximum Gasteiger partial charge on any atom is 0.425 e. The minimum absolute atomic E-state index is 0.0742. The largest absolute Gasteiger partial charge is 0.481 e. The number of hydrogen-bond acceptors (Lipinski definition) is 3. The lowest BCUT2D eigenvalue weighted by atomic mass is 9.99. The molecule has 140 valence electrons. The number of nitrogens with one attached hydrogen (secondary N) is 2. The smallest absolute Gasteiger partial charge is 0.425 e. The molecule has 6 nitrogen and oxygen atoms in total. The SMILES string of the molecule is CC(Oc1ccccc1NC(=O)NC(C)(C)CCC(=O)O)C(F)(F)F. The first-order valence-electron chi connectivity index (χ1n) is 7.54. The summed E-state index contributed by atoms with van der Waals surface area (Å²) in [5.41, 5.74) is -0.734. The molecule has 0 saturated heterocycles. The second kappa shape index (κ2) is 8.09. The van der Waals surface area contributed by atoms with E-state index in [4.69, 9.17) is 9.84 Å². The Morgan fingerprint density at radius 1 is 1.24 bits per heavy atom. The van der Waals surface area contributed by atoms with E-state index in [1.54, 1.807) is 13.8 Å². The maximum atomic E-state index is 12.6. The van der Waals surface area contributed by atoms with Gasteiger partial charge in [0, 0.05) is 12.0 Å². The highest BCUT2D eigenvalue weighted by Gasteiger charge is 2.38. The third-order valence-corrected chi connectivity index (χ3v) is 3.32. The molecule has 0 aliphatic rings. The monoisotopic (exact) mass is 362 g/mol. The quantitative estimate of drug-likeness (QED) is 0.689. The van der Waals surface area contributed by atoms with Gasteiger partial charge in [-0.25, -0.2) is 4.79 Å². The van der Waals surface area contributed by atoms with Crippen molar-refractivity contribution in [3.8, 4) is 5.75 Å². The van der Waals surface area contributed by atoms with Crippen LogP contribution in [0.5, 0.6) is 5.75 Å². The second-order valence-corrected chi connectivity index (χ2v) is 6.15. The molecular formula is C16H21F3N2O4. The van der Waals surface area contributed by atoms with Gasteiger partial charge in [-0.15, -0.1) is 0 Å². The van der Waals surface area contributed by atoms with Crippen molar-refractivity contribution in [2.45, 2.75) is 51.4 Å². The number of aliphatic carboxylic acids is 1. The number of ether oxygens (including phenoxy) is 1. The number of carboxylic acid groups (broad SMARTS) is 1. The summed E-state index contributed by atoms with van der Waals surface area (Å²) in [7, 11) is 0. The number of hydrogen-bond donors (Lipinski definition) is 3. The van der Waals surface area contributed by atoms with Crippen molar-refractivity contribution in [1.29, 1.82) is 0 Å². The molecule has 0 bridgehead atoms. The predicted octanol–water partition coefficient (Wildman–Crippen LogP) is 3.78. The van der Waals surface area contributed by atoms with Crippen LogP contribution in [-0.4, -0.2) is 34.9 Å². The Hall–Kier alpha value is -2.45. The molecule has 0 heterocycles. The Kier molecular flexibility index (Phi) is 6.66. The first kappa shape index (κ1) is 20.6. The van der Waals surface area contributed by atoms with E-state index in [0.29, 0.717) is 0 Å². The summed E-state index contributed by atoms with van der Waals surface area (Å²) in [4.78, 5) is 22.7. The number of carbonyl (C=O) groups is 2. The summed E-state index contributed by atoms with van der Waals surface area (Å²) < 4.78 is 42.8. The number of carboxylic acids is 1. The molecule has 3 N–H and O–H groups in total. The van der Waals surface area contributed by atoms with E-state index in [1.807, 2.05) is 0 Å². The summed E-state index contributed by atoms with van der Waals surface area (Å²) in [5.74, 6) is -1.11. The standard InChI is InChI=1S/C16H21F3N2O4/c1-10(16(17,18)19)25-12-7-5-4-6-11(12)20-14(24)21-15(2,3)9-8-13(22)23/h4-7,10H,8-9H2,1-3H3,(H,22,23)(H2,20,21,24). The van der Waals surface area contributed by atoms with E-state index in [9.17, 15) is 22.8 Å². The molecule has 0 spiro atoms. The number of benzene rings is 1. The van der Waals surface area contributed by atoms with Gasteiger partial charge in [-0.1, -0.05) is 12.1 Å². The highest BCUT2D eigenvalue weighted by molar-refractivity contribution is 5.91. The molecule has 0 fully saturated rings. The van der Waals surface area contributed by atoms with Gasteiger partial charge >= 0.3 is 18.2 Å². The fourth-order valence-corrected chi connectivity index (χ4v) is 1.87. The number of anilines is 1. The average molecular weight is 362 g/mol. The van der Waals surface area contributed by atoms with E-state index in [2.05, 4.69) is 10.6 Å². The fraction of sp³-hybridized carbons (Fsp3) is 0.500. The molecule has 1 rings (SSSR count). The Labute approximate surface area is 143 Å². The summed E-state index contributed by atoms with van der Waals surface area (Å²) in [6.07, 6.45) is -6.51. The summed E-state index contributed by atoms with van der Waals surface area (Å²) in [5, 5.41) is 13.7. The van der Waals surface area contributed by atoms with E-state index in [1.165, 1.54) is 24.3 Å². The molecule has 9 heteroatoms. The molecular weight excluding hydrogens is 341 g/mol.